The van der Waals surface area contributed by atoms with Gasteiger partial charge in [-0.15, -0.1) is 0 Å². The predicted octanol–water partition coefficient (Wildman–Crippen LogP) is 1.13. The third-order valence-electron chi connectivity index (χ3n) is 5.22. The van der Waals surface area contributed by atoms with Crippen LogP contribution in [0, 0.1) is 5.82 Å². The number of halogens is 1. The summed E-state index contributed by atoms with van der Waals surface area (Å²) in [6.07, 6.45) is 1.30. The molecule has 1 aliphatic carbocycles. The van der Waals surface area contributed by atoms with E-state index in [2.05, 4.69) is 10.0 Å². The number of carbonyl (C=O) groups is 2. The van der Waals surface area contributed by atoms with Crippen LogP contribution in [0.5, 0.6) is 5.75 Å². The largest absolute Gasteiger partial charge is 0.505 e. The Labute approximate surface area is 168 Å². The number of hydrogen-bond donors (Lipinski definition) is 3. The number of aromatic hydroxyl groups is 1. The first-order valence-corrected chi connectivity index (χ1v) is 10.8. The summed E-state index contributed by atoms with van der Waals surface area (Å²) < 4.78 is 46.1. The molecule has 0 unspecified atom stereocenters. The van der Waals surface area contributed by atoms with E-state index in [4.69, 9.17) is 4.74 Å². The number of benzene rings is 1. The normalized spacial score (nSPS) is 20.0. The van der Waals surface area contributed by atoms with Crippen LogP contribution in [-0.2, 0) is 25.1 Å². The number of carbonyl (C=O) groups excluding carboxylic acids is 2. The number of phenols is 1. The molecule has 1 saturated heterocycles. The molecule has 1 aromatic rings. The Bertz CT molecular complexity index is 930. The minimum absolute atomic E-state index is 0.0826. The second kappa shape index (κ2) is 7.54. The number of rotatable bonds is 9. The number of nitrogens with zero attached hydrogens (tertiary/aromatic N) is 1. The summed E-state index contributed by atoms with van der Waals surface area (Å²) in [5, 5.41) is 11.7. The maximum atomic E-state index is 13.2. The Kier molecular flexibility index (Phi) is 5.58. The van der Waals surface area contributed by atoms with Crippen LogP contribution >= 0.6 is 0 Å². The molecule has 1 heterocycles. The number of hydrogen-bond acceptors (Lipinski definition) is 6. The number of sulfonamides is 1. The van der Waals surface area contributed by atoms with Crippen LogP contribution < -0.4 is 10.0 Å². The van der Waals surface area contributed by atoms with Gasteiger partial charge in [-0.05, 0) is 50.8 Å². The number of ether oxygens (including phenoxy) is 1. The summed E-state index contributed by atoms with van der Waals surface area (Å²) in [7, 11) is -3.64. The molecular formula is C18H24FN3O6S. The average Bonchev–Trinajstić information content (AvgIpc) is 3.35. The van der Waals surface area contributed by atoms with Gasteiger partial charge in [-0.2, -0.15) is 0 Å². The Morgan fingerprint density at radius 3 is 2.55 bits per heavy atom. The molecule has 3 amide bonds. The first kappa shape index (κ1) is 21.5. The highest BCUT2D eigenvalue weighted by atomic mass is 32.2. The highest BCUT2D eigenvalue weighted by Crippen LogP contribution is 2.47. The lowest BCUT2D eigenvalue weighted by molar-refractivity contribution is -0.126. The minimum atomic E-state index is -3.64. The second-order valence-electron chi connectivity index (χ2n) is 7.81. The van der Waals surface area contributed by atoms with Crippen molar-refractivity contribution >= 4 is 22.0 Å². The molecule has 2 fully saturated rings. The van der Waals surface area contributed by atoms with Crippen LogP contribution in [-0.4, -0.2) is 55.0 Å². The Balaban J connectivity index is 1.48. The third-order valence-corrected chi connectivity index (χ3v) is 6.75. The molecule has 11 heteroatoms. The van der Waals surface area contributed by atoms with Crippen molar-refractivity contribution < 1.29 is 32.2 Å². The molecule has 160 valence electrons. The van der Waals surface area contributed by atoms with E-state index in [0.29, 0.717) is 18.4 Å². The van der Waals surface area contributed by atoms with E-state index in [1.54, 1.807) is 13.8 Å². The first-order valence-electron chi connectivity index (χ1n) is 9.18. The number of imide groups is 1. The summed E-state index contributed by atoms with van der Waals surface area (Å²) in [5.74, 6) is -1.90. The maximum absolute atomic E-state index is 13.2. The van der Waals surface area contributed by atoms with Gasteiger partial charge >= 0.3 is 6.03 Å². The summed E-state index contributed by atoms with van der Waals surface area (Å²) in [5.41, 5.74) is -1.32. The van der Waals surface area contributed by atoms with Gasteiger partial charge in [-0.1, -0.05) is 6.07 Å². The molecule has 1 aromatic carbocycles. The van der Waals surface area contributed by atoms with E-state index in [1.807, 2.05) is 0 Å². The average molecular weight is 429 g/mol. The van der Waals surface area contributed by atoms with E-state index in [0.717, 1.165) is 6.07 Å². The SMILES string of the molecule is CC1(C)C(=O)NC(=O)N1COCCCS(=O)(=O)NC1(c2ccc(F)c(O)c2)CC1. The van der Waals surface area contributed by atoms with Crippen LogP contribution in [0.3, 0.4) is 0 Å². The third kappa shape index (κ3) is 4.51. The highest BCUT2D eigenvalue weighted by molar-refractivity contribution is 7.89. The molecule has 0 spiro atoms. The van der Waals surface area contributed by atoms with Gasteiger partial charge in [0.1, 0.15) is 12.3 Å². The lowest BCUT2D eigenvalue weighted by atomic mass is 10.1. The van der Waals surface area contributed by atoms with E-state index >= 15 is 0 Å². The quantitative estimate of drug-likeness (QED) is 0.399. The van der Waals surface area contributed by atoms with Crippen LogP contribution in [0.4, 0.5) is 9.18 Å². The topological polar surface area (TPSA) is 125 Å². The number of phenolic OH excluding ortho intramolecular Hbond substituents is 1. The molecule has 3 N–H and O–H groups in total. The first-order chi connectivity index (χ1) is 13.5. The zero-order chi connectivity index (χ0) is 21.4. The smallest absolute Gasteiger partial charge is 0.326 e. The monoisotopic (exact) mass is 429 g/mol. The van der Waals surface area contributed by atoms with E-state index < -0.39 is 44.6 Å². The lowest BCUT2D eigenvalue weighted by Crippen LogP contribution is -2.45. The van der Waals surface area contributed by atoms with Gasteiger partial charge in [-0.25, -0.2) is 22.3 Å². The Morgan fingerprint density at radius 2 is 2.00 bits per heavy atom. The van der Waals surface area contributed by atoms with Crippen molar-refractivity contribution in [1.29, 1.82) is 0 Å². The van der Waals surface area contributed by atoms with Crippen LogP contribution in [0.2, 0.25) is 0 Å². The molecule has 0 atom stereocenters. The maximum Gasteiger partial charge on any atom is 0.326 e. The zero-order valence-corrected chi connectivity index (χ0v) is 17.0. The van der Waals surface area contributed by atoms with Gasteiger partial charge in [0.2, 0.25) is 10.0 Å². The summed E-state index contributed by atoms with van der Waals surface area (Å²) >= 11 is 0. The Morgan fingerprint density at radius 1 is 1.31 bits per heavy atom. The van der Waals surface area contributed by atoms with Crippen molar-refractivity contribution in [3.8, 4) is 5.75 Å². The molecule has 29 heavy (non-hydrogen) atoms. The van der Waals surface area contributed by atoms with Gasteiger partial charge in [-0.3, -0.25) is 15.0 Å². The molecule has 1 saturated carbocycles. The van der Waals surface area contributed by atoms with E-state index in [9.17, 15) is 27.5 Å². The molecule has 3 rings (SSSR count). The van der Waals surface area contributed by atoms with E-state index in [-0.39, 0.29) is 25.5 Å². The molecule has 1 aliphatic heterocycles. The molecule has 9 nitrogen and oxygen atoms in total. The standard InChI is InChI=1S/C18H24FN3O6S/c1-17(2)15(24)20-16(25)22(17)11-28-8-3-9-29(26,27)21-18(6-7-18)12-4-5-13(19)14(23)10-12/h4-5,10,21,23H,3,6-9,11H2,1-2H3,(H,20,24,25). The van der Waals surface area contributed by atoms with Crippen LogP contribution in [0.1, 0.15) is 38.7 Å². The fraction of sp³-hybridized carbons (Fsp3) is 0.556. The molecule has 2 aliphatic rings. The number of nitrogens with one attached hydrogen (secondary N) is 2. The van der Waals surface area contributed by atoms with Gasteiger partial charge in [0.05, 0.1) is 11.3 Å². The van der Waals surface area contributed by atoms with Gasteiger partial charge < -0.3 is 9.84 Å². The van der Waals surface area contributed by atoms with Crippen molar-refractivity contribution in [3.05, 3.63) is 29.6 Å². The predicted molar refractivity (Wildman–Crippen MR) is 101 cm³/mol. The van der Waals surface area contributed by atoms with Crippen molar-refractivity contribution in [3.63, 3.8) is 0 Å². The van der Waals surface area contributed by atoms with Crippen molar-refractivity contribution in [2.45, 2.75) is 44.2 Å². The fourth-order valence-corrected chi connectivity index (χ4v) is 4.67. The summed E-state index contributed by atoms with van der Waals surface area (Å²) in [4.78, 5) is 24.7. The molecule has 0 radical (unpaired) electrons. The lowest BCUT2D eigenvalue weighted by Gasteiger charge is -2.27. The summed E-state index contributed by atoms with van der Waals surface area (Å²) in [6, 6.07) is 3.25. The summed E-state index contributed by atoms with van der Waals surface area (Å²) in [6.45, 7) is 3.14. The number of amides is 3. The van der Waals surface area contributed by atoms with Crippen LogP contribution in [0.25, 0.3) is 0 Å². The second-order valence-corrected chi connectivity index (χ2v) is 9.65. The van der Waals surface area contributed by atoms with Gasteiger partial charge in [0, 0.05) is 6.61 Å². The minimum Gasteiger partial charge on any atom is -0.505 e. The highest BCUT2D eigenvalue weighted by Gasteiger charge is 2.47. The molecule has 0 bridgehead atoms. The number of urea groups is 1. The fourth-order valence-electron chi connectivity index (χ4n) is 3.15. The molecule has 0 aromatic heterocycles. The van der Waals surface area contributed by atoms with Crippen LogP contribution in [0.15, 0.2) is 18.2 Å². The Hall–Kier alpha value is -2.24. The van der Waals surface area contributed by atoms with E-state index in [1.165, 1.54) is 17.0 Å². The zero-order valence-electron chi connectivity index (χ0n) is 16.2. The van der Waals surface area contributed by atoms with Gasteiger partial charge in [0.25, 0.3) is 5.91 Å². The van der Waals surface area contributed by atoms with Crippen molar-refractivity contribution in [1.82, 2.24) is 14.9 Å². The van der Waals surface area contributed by atoms with Crippen molar-refractivity contribution in [2.24, 2.45) is 0 Å². The van der Waals surface area contributed by atoms with Crippen molar-refractivity contribution in [2.75, 3.05) is 19.1 Å². The van der Waals surface area contributed by atoms with Gasteiger partial charge in [0.15, 0.2) is 11.6 Å². The molecular weight excluding hydrogens is 405 g/mol.